The number of nitrogens with zero attached hydrogens (tertiary/aromatic N) is 1. The Labute approximate surface area is 120 Å². The van der Waals surface area contributed by atoms with Crippen molar-refractivity contribution in [1.29, 1.82) is 0 Å². The molecule has 0 radical (unpaired) electrons. The first-order valence-electron chi connectivity index (χ1n) is 7.16. The van der Waals surface area contributed by atoms with Gasteiger partial charge < -0.3 is 16.2 Å². The fourth-order valence-corrected chi connectivity index (χ4v) is 2.31. The van der Waals surface area contributed by atoms with Crippen molar-refractivity contribution in [1.82, 2.24) is 10.3 Å². The first-order valence-corrected chi connectivity index (χ1v) is 7.16. The first kappa shape index (κ1) is 14.9. The Kier molecular flexibility index (Phi) is 5.47. The second-order valence-corrected chi connectivity index (χ2v) is 5.08. The van der Waals surface area contributed by atoms with Crippen molar-refractivity contribution in [2.75, 3.05) is 19.7 Å². The minimum atomic E-state index is 0.152. The molecule has 0 bridgehead atoms. The van der Waals surface area contributed by atoms with Crippen LogP contribution >= 0.6 is 0 Å². The SMILES string of the molecule is Cc1ccc2cc(C(CN)NCCCCO)ccc2n1. The van der Waals surface area contributed by atoms with Crippen LogP contribution < -0.4 is 11.1 Å². The number of benzene rings is 1. The summed E-state index contributed by atoms with van der Waals surface area (Å²) in [6.45, 7) is 3.67. The number of aliphatic hydroxyl groups is 1. The normalized spacial score (nSPS) is 12.8. The lowest BCUT2D eigenvalue weighted by molar-refractivity contribution is 0.282. The zero-order chi connectivity index (χ0) is 14.4. The van der Waals surface area contributed by atoms with Crippen LogP contribution in [0.3, 0.4) is 0 Å². The quantitative estimate of drug-likeness (QED) is 0.674. The summed E-state index contributed by atoms with van der Waals surface area (Å²) in [5, 5.41) is 13.4. The van der Waals surface area contributed by atoms with Gasteiger partial charge in [0.2, 0.25) is 0 Å². The second kappa shape index (κ2) is 7.33. The summed E-state index contributed by atoms with van der Waals surface area (Å²) in [5.74, 6) is 0. The van der Waals surface area contributed by atoms with E-state index in [1.807, 2.05) is 13.0 Å². The maximum Gasteiger partial charge on any atom is 0.0705 e. The lowest BCUT2D eigenvalue weighted by atomic mass is 10.0. The Bertz CT molecular complexity index is 556. The largest absolute Gasteiger partial charge is 0.396 e. The van der Waals surface area contributed by atoms with E-state index in [4.69, 9.17) is 10.8 Å². The number of hydrogen-bond donors (Lipinski definition) is 3. The number of aryl methyl sites for hydroxylation is 1. The molecule has 0 aliphatic carbocycles. The Morgan fingerprint density at radius 2 is 2.10 bits per heavy atom. The van der Waals surface area contributed by atoms with Crippen LogP contribution in [0.4, 0.5) is 0 Å². The van der Waals surface area contributed by atoms with E-state index in [2.05, 4.69) is 34.6 Å². The zero-order valence-electron chi connectivity index (χ0n) is 12.0. The molecule has 0 amide bonds. The molecule has 1 unspecified atom stereocenters. The first-order chi connectivity index (χ1) is 9.74. The summed E-state index contributed by atoms with van der Waals surface area (Å²) in [6.07, 6.45) is 1.78. The second-order valence-electron chi connectivity index (χ2n) is 5.08. The average Bonchev–Trinajstić information content (AvgIpc) is 2.47. The number of rotatable bonds is 7. The molecule has 4 nitrogen and oxygen atoms in total. The van der Waals surface area contributed by atoms with Crippen molar-refractivity contribution in [3.63, 3.8) is 0 Å². The molecule has 0 aliphatic rings. The minimum Gasteiger partial charge on any atom is -0.396 e. The minimum absolute atomic E-state index is 0.152. The van der Waals surface area contributed by atoms with Gasteiger partial charge in [0, 0.05) is 30.3 Å². The summed E-state index contributed by atoms with van der Waals surface area (Å²) in [5.41, 5.74) is 9.10. The molecule has 20 heavy (non-hydrogen) atoms. The molecule has 1 aromatic carbocycles. The fourth-order valence-electron chi connectivity index (χ4n) is 2.31. The number of nitrogens with one attached hydrogen (secondary N) is 1. The standard InChI is InChI=1S/C16H23N3O/c1-12-4-5-13-10-14(6-7-15(13)19-12)16(11-17)18-8-2-3-9-20/h4-7,10,16,18,20H,2-3,8-9,11,17H2,1H3. The number of nitrogens with two attached hydrogens (primary N) is 1. The van der Waals surface area contributed by atoms with Crippen LogP contribution in [0.2, 0.25) is 0 Å². The van der Waals surface area contributed by atoms with Crippen molar-refractivity contribution < 1.29 is 5.11 Å². The monoisotopic (exact) mass is 273 g/mol. The van der Waals surface area contributed by atoms with E-state index in [9.17, 15) is 0 Å². The van der Waals surface area contributed by atoms with E-state index < -0.39 is 0 Å². The average molecular weight is 273 g/mol. The number of hydrogen-bond acceptors (Lipinski definition) is 4. The van der Waals surface area contributed by atoms with Gasteiger partial charge in [-0.2, -0.15) is 0 Å². The van der Waals surface area contributed by atoms with Crippen LogP contribution in [0, 0.1) is 6.92 Å². The van der Waals surface area contributed by atoms with E-state index in [1.165, 1.54) is 5.56 Å². The van der Waals surface area contributed by atoms with Crippen molar-refractivity contribution in [3.05, 3.63) is 41.6 Å². The van der Waals surface area contributed by atoms with Crippen LogP contribution in [-0.2, 0) is 0 Å². The number of aromatic nitrogens is 1. The molecule has 4 N–H and O–H groups in total. The van der Waals surface area contributed by atoms with Gasteiger partial charge in [-0.05, 0) is 50.1 Å². The number of unbranched alkanes of at least 4 members (excludes halogenated alkanes) is 1. The van der Waals surface area contributed by atoms with E-state index in [-0.39, 0.29) is 12.6 Å². The maximum atomic E-state index is 8.79. The Hall–Kier alpha value is -1.49. The molecule has 2 rings (SSSR count). The van der Waals surface area contributed by atoms with Crippen molar-refractivity contribution in [3.8, 4) is 0 Å². The predicted molar refractivity (Wildman–Crippen MR) is 82.6 cm³/mol. The van der Waals surface area contributed by atoms with Crippen LogP contribution in [0.25, 0.3) is 10.9 Å². The molecular weight excluding hydrogens is 250 g/mol. The summed E-state index contributed by atoms with van der Waals surface area (Å²) in [4.78, 5) is 4.51. The molecule has 0 aliphatic heterocycles. The molecule has 0 saturated heterocycles. The summed E-state index contributed by atoms with van der Waals surface area (Å²) in [6, 6.07) is 10.6. The van der Waals surface area contributed by atoms with Gasteiger partial charge in [0.05, 0.1) is 5.52 Å². The Morgan fingerprint density at radius 1 is 1.25 bits per heavy atom. The van der Waals surface area contributed by atoms with E-state index >= 15 is 0 Å². The molecule has 0 fully saturated rings. The van der Waals surface area contributed by atoms with Gasteiger partial charge in [0.1, 0.15) is 0 Å². The van der Waals surface area contributed by atoms with Gasteiger partial charge in [-0.3, -0.25) is 4.98 Å². The van der Waals surface area contributed by atoms with Gasteiger partial charge in [-0.15, -0.1) is 0 Å². The molecule has 1 aromatic heterocycles. The molecule has 0 spiro atoms. The smallest absolute Gasteiger partial charge is 0.0705 e. The third-order valence-electron chi connectivity index (χ3n) is 3.47. The van der Waals surface area contributed by atoms with Crippen molar-refractivity contribution in [2.45, 2.75) is 25.8 Å². The molecule has 0 saturated carbocycles. The Morgan fingerprint density at radius 3 is 2.85 bits per heavy atom. The summed E-state index contributed by atoms with van der Waals surface area (Å²) in [7, 11) is 0. The highest BCUT2D eigenvalue weighted by atomic mass is 16.2. The molecule has 1 atom stereocenters. The molecular formula is C16H23N3O. The van der Waals surface area contributed by atoms with E-state index in [0.717, 1.165) is 36.0 Å². The Balaban J connectivity index is 2.11. The van der Waals surface area contributed by atoms with E-state index in [1.54, 1.807) is 0 Å². The maximum absolute atomic E-state index is 8.79. The number of pyridine rings is 1. The molecule has 4 heteroatoms. The van der Waals surface area contributed by atoms with Gasteiger partial charge in [-0.1, -0.05) is 12.1 Å². The molecule has 1 heterocycles. The summed E-state index contributed by atoms with van der Waals surface area (Å²) < 4.78 is 0. The third kappa shape index (κ3) is 3.76. The van der Waals surface area contributed by atoms with Crippen LogP contribution in [-0.4, -0.2) is 29.8 Å². The number of aliphatic hydroxyl groups excluding tert-OH is 1. The molecule has 2 aromatic rings. The van der Waals surface area contributed by atoms with Crippen molar-refractivity contribution in [2.24, 2.45) is 5.73 Å². The van der Waals surface area contributed by atoms with E-state index in [0.29, 0.717) is 6.54 Å². The zero-order valence-corrected chi connectivity index (χ0v) is 12.0. The lowest BCUT2D eigenvalue weighted by Crippen LogP contribution is -2.29. The van der Waals surface area contributed by atoms with Crippen LogP contribution in [0.15, 0.2) is 30.3 Å². The van der Waals surface area contributed by atoms with Gasteiger partial charge >= 0.3 is 0 Å². The fraction of sp³-hybridized carbons (Fsp3) is 0.438. The van der Waals surface area contributed by atoms with Gasteiger partial charge in [0.25, 0.3) is 0 Å². The predicted octanol–water partition coefficient (Wildman–Crippen LogP) is 1.91. The lowest BCUT2D eigenvalue weighted by Gasteiger charge is -2.17. The topological polar surface area (TPSA) is 71.2 Å². The number of fused-ring (bicyclic) bond motifs is 1. The van der Waals surface area contributed by atoms with Crippen LogP contribution in [0.1, 0.15) is 30.1 Å². The van der Waals surface area contributed by atoms with Gasteiger partial charge in [-0.25, -0.2) is 0 Å². The highest BCUT2D eigenvalue weighted by Crippen LogP contribution is 2.19. The van der Waals surface area contributed by atoms with Gasteiger partial charge in [0.15, 0.2) is 0 Å². The summed E-state index contributed by atoms with van der Waals surface area (Å²) >= 11 is 0. The highest BCUT2D eigenvalue weighted by Gasteiger charge is 2.09. The van der Waals surface area contributed by atoms with Crippen molar-refractivity contribution >= 4 is 10.9 Å². The third-order valence-corrected chi connectivity index (χ3v) is 3.47. The highest BCUT2D eigenvalue weighted by molar-refractivity contribution is 5.79. The van der Waals surface area contributed by atoms with Crippen LogP contribution in [0.5, 0.6) is 0 Å². The molecule has 108 valence electrons.